The molecular formula is C10H21NO3. The van der Waals surface area contributed by atoms with E-state index in [1.807, 2.05) is 6.92 Å². The van der Waals surface area contributed by atoms with Crippen LogP contribution in [0.5, 0.6) is 0 Å². The van der Waals surface area contributed by atoms with Crippen LogP contribution in [0.25, 0.3) is 0 Å². The Hall–Kier alpha value is -0.610. The van der Waals surface area contributed by atoms with E-state index in [0.717, 1.165) is 6.42 Å². The molecule has 0 saturated heterocycles. The fourth-order valence-electron chi connectivity index (χ4n) is 1.28. The Kier molecular flexibility index (Phi) is 7.42. The minimum Gasteiger partial charge on any atom is -0.469 e. The molecule has 0 aromatic carbocycles. The van der Waals surface area contributed by atoms with Gasteiger partial charge in [0, 0.05) is 19.2 Å². The van der Waals surface area contributed by atoms with Crippen LogP contribution in [-0.2, 0) is 14.3 Å². The van der Waals surface area contributed by atoms with Crippen molar-refractivity contribution in [3.8, 4) is 0 Å². The first-order chi connectivity index (χ1) is 6.63. The van der Waals surface area contributed by atoms with E-state index in [-0.39, 0.29) is 12.0 Å². The molecule has 14 heavy (non-hydrogen) atoms. The smallest absolute Gasteiger partial charge is 0.307 e. The van der Waals surface area contributed by atoms with E-state index in [2.05, 4.69) is 17.0 Å². The van der Waals surface area contributed by atoms with Crippen LogP contribution in [0.3, 0.4) is 0 Å². The van der Waals surface area contributed by atoms with Crippen molar-refractivity contribution >= 4 is 5.97 Å². The molecule has 4 heteroatoms. The molecule has 0 heterocycles. The van der Waals surface area contributed by atoms with Crippen molar-refractivity contribution in [3.05, 3.63) is 0 Å². The highest BCUT2D eigenvalue weighted by Gasteiger charge is 2.13. The second kappa shape index (κ2) is 7.76. The first kappa shape index (κ1) is 13.4. The van der Waals surface area contributed by atoms with Crippen LogP contribution in [0.2, 0.25) is 0 Å². The Morgan fingerprint density at radius 2 is 2.07 bits per heavy atom. The van der Waals surface area contributed by atoms with Gasteiger partial charge >= 0.3 is 5.97 Å². The number of hydrogen-bond donors (Lipinski definition) is 1. The zero-order valence-electron chi connectivity index (χ0n) is 9.50. The third-order valence-corrected chi connectivity index (χ3v) is 2.08. The third-order valence-electron chi connectivity index (χ3n) is 2.08. The largest absolute Gasteiger partial charge is 0.469 e. The lowest BCUT2D eigenvalue weighted by atomic mass is 10.1. The summed E-state index contributed by atoms with van der Waals surface area (Å²) in [7, 11) is 3.08. The minimum absolute atomic E-state index is 0.127. The molecule has 0 spiro atoms. The van der Waals surface area contributed by atoms with Gasteiger partial charge < -0.3 is 14.8 Å². The lowest BCUT2D eigenvalue weighted by molar-refractivity contribution is -0.141. The molecule has 4 nitrogen and oxygen atoms in total. The molecule has 1 N–H and O–H groups in total. The number of ether oxygens (including phenoxy) is 2. The van der Waals surface area contributed by atoms with Gasteiger partial charge in [-0.25, -0.2) is 0 Å². The molecule has 0 aromatic rings. The highest BCUT2D eigenvalue weighted by Crippen LogP contribution is 1.98. The van der Waals surface area contributed by atoms with E-state index < -0.39 is 0 Å². The van der Waals surface area contributed by atoms with Gasteiger partial charge in [0.2, 0.25) is 0 Å². The summed E-state index contributed by atoms with van der Waals surface area (Å²) < 4.78 is 9.63. The van der Waals surface area contributed by atoms with Crippen molar-refractivity contribution in [2.75, 3.05) is 20.8 Å². The minimum atomic E-state index is -0.183. The van der Waals surface area contributed by atoms with Crippen molar-refractivity contribution < 1.29 is 14.3 Å². The molecule has 2 atom stereocenters. The maximum atomic E-state index is 11.0. The lowest BCUT2D eigenvalue weighted by Crippen LogP contribution is -2.40. The highest BCUT2D eigenvalue weighted by molar-refractivity contribution is 5.69. The number of carbonyl (C=O) groups is 1. The monoisotopic (exact) mass is 203 g/mol. The van der Waals surface area contributed by atoms with Crippen molar-refractivity contribution in [1.29, 1.82) is 0 Å². The topological polar surface area (TPSA) is 47.6 Å². The first-order valence-corrected chi connectivity index (χ1v) is 4.95. The summed E-state index contributed by atoms with van der Waals surface area (Å²) in [5, 5.41) is 3.31. The first-order valence-electron chi connectivity index (χ1n) is 4.95. The van der Waals surface area contributed by atoms with Crippen LogP contribution in [0.4, 0.5) is 0 Å². The molecule has 84 valence electrons. The van der Waals surface area contributed by atoms with Crippen LogP contribution < -0.4 is 5.32 Å². The molecule has 0 aliphatic carbocycles. The number of carbonyl (C=O) groups excluding carboxylic acids is 1. The third kappa shape index (κ3) is 5.94. The van der Waals surface area contributed by atoms with Crippen LogP contribution in [0, 0.1) is 0 Å². The zero-order valence-corrected chi connectivity index (χ0v) is 9.50. The van der Waals surface area contributed by atoms with E-state index in [9.17, 15) is 4.79 Å². The van der Waals surface area contributed by atoms with Gasteiger partial charge in [0.05, 0.1) is 20.1 Å². The molecule has 0 saturated carbocycles. The van der Waals surface area contributed by atoms with Gasteiger partial charge in [-0.1, -0.05) is 6.92 Å². The van der Waals surface area contributed by atoms with Gasteiger partial charge in [0.15, 0.2) is 0 Å². The summed E-state index contributed by atoms with van der Waals surface area (Å²) in [4.78, 5) is 11.0. The van der Waals surface area contributed by atoms with Crippen LogP contribution in [-0.4, -0.2) is 38.9 Å². The maximum absolute atomic E-state index is 11.0. The lowest BCUT2D eigenvalue weighted by Gasteiger charge is -2.20. The highest BCUT2D eigenvalue weighted by atomic mass is 16.5. The maximum Gasteiger partial charge on any atom is 0.307 e. The number of nitrogens with one attached hydrogen (secondary N) is 1. The van der Waals surface area contributed by atoms with Crippen molar-refractivity contribution in [2.24, 2.45) is 0 Å². The summed E-state index contributed by atoms with van der Waals surface area (Å²) in [6.07, 6.45) is 1.38. The Bertz CT molecular complexity index is 161. The number of methoxy groups -OCH3 is 2. The van der Waals surface area contributed by atoms with E-state index in [0.29, 0.717) is 19.1 Å². The summed E-state index contributed by atoms with van der Waals surface area (Å²) in [5.41, 5.74) is 0. The Balaban J connectivity index is 3.77. The van der Waals surface area contributed by atoms with E-state index in [4.69, 9.17) is 4.74 Å². The van der Waals surface area contributed by atoms with Gasteiger partial charge in [-0.2, -0.15) is 0 Å². The second-order valence-corrected chi connectivity index (χ2v) is 3.41. The second-order valence-electron chi connectivity index (χ2n) is 3.41. The Morgan fingerprint density at radius 1 is 1.43 bits per heavy atom. The van der Waals surface area contributed by atoms with E-state index in [1.54, 1.807) is 7.11 Å². The zero-order chi connectivity index (χ0) is 11.0. The van der Waals surface area contributed by atoms with Gasteiger partial charge in [-0.05, 0) is 13.3 Å². The summed E-state index contributed by atoms with van der Waals surface area (Å²) in [5.74, 6) is -0.183. The number of hydrogen-bond acceptors (Lipinski definition) is 4. The number of esters is 1. The predicted octanol–water partition coefficient (Wildman–Crippen LogP) is 0.953. The van der Waals surface area contributed by atoms with Gasteiger partial charge in [0.1, 0.15) is 0 Å². The fraction of sp³-hybridized carbons (Fsp3) is 0.900. The average molecular weight is 203 g/mol. The van der Waals surface area contributed by atoms with E-state index in [1.165, 1.54) is 7.11 Å². The Morgan fingerprint density at radius 3 is 2.50 bits per heavy atom. The van der Waals surface area contributed by atoms with Crippen molar-refractivity contribution in [1.82, 2.24) is 5.32 Å². The van der Waals surface area contributed by atoms with Crippen LogP contribution in [0.1, 0.15) is 26.7 Å². The molecule has 0 aliphatic rings. The SMILES string of the molecule is CCC(COC)NC(C)CC(=O)OC. The van der Waals surface area contributed by atoms with E-state index >= 15 is 0 Å². The van der Waals surface area contributed by atoms with Gasteiger partial charge in [0.25, 0.3) is 0 Å². The molecule has 0 fully saturated rings. The fourth-order valence-corrected chi connectivity index (χ4v) is 1.28. The van der Waals surface area contributed by atoms with Crippen molar-refractivity contribution in [3.63, 3.8) is 0 Å². The average Bonchev–Trinajstić information content (AvgIpc) is 2.16. The molecule has 0 rings (SSSR count). The van der Waals surface area contributed by atoms with Gasteiger partial charge in [-0.3, -0.25) is 4.79 Å². The Labute approximate surface area is 86.0 Å². The van der Waals surface area contributed by atoms with Gasteiger partial charge in [-0.15, -0.1) is 0 Å². The standard InChI is InChI=1S/C10H21NO3/c1-5-9(7-13-3)11-8(2)6-10(12)14-4/h8-9,11H,5-7H2,1-4H3. The molecule has 0 amide bonds. The molecule has 2 unspecified atom stereocenters. The normalized spacial score (nSPS) is 14.9. The molecule has 0 radical (unpaired) electrons. The molecule has 0 aromatic heterocycles. The summed E-state index contributed by atoms with van der Waals surface area (Å²) in [6.45, 7) is 4.72. The van der Waals surface area contributed by atoms with Crippen molar-refractivity contribution in [2.45, 2.75) is 38.8 Å². The summed E-state index contributed by atoms with van der Waals surface area (Å²) in [6, 6.07) is 0.433. The van der Waals surface area contributed by atoms with Crippen LogP contribution in [0.15, 0.2) is 0 Å². The van der Waals surface area contributed by atoms with Crippen LogP contribution >= 0.6 is 0 Å². The quantitative estimate of drug-likeness (QED) is 0.626. The predicted molar refractivity (Wildman–Crippen MR) is 55.2 cm³/mol. The summed E-state index contributed by atoms with van der Waals surface area (Å²) >= 11 is 0. The number of rotatable bonds is 7. The molecule has 0 bridgehead atoms. The molecule has 0 aliphatic heterocycles. The molecular weight excluding hydrogens is 182 g/mol.